The number of thiophene rings is 1. The number of nitrogens with one attached hydrogen (secondary N) is 1. The molecule has 0 saturated carbocycles. The van der Waals surface area contributed by atoms with Crippen LogP contribution in [0.15, 0.2) is 46.9 Å². The Morgan fingerprint density at radius 1 is 1.24 bits per heavy atom. The highest BCUT2D eigenvalue weighted by Gasteiger charge is 2.08. The predicted molar refractivity (Wildman–Crippen MR) is 114 cm³/mol. The van der Waals surface area contributed by atoms with Gasteiger partial charge in [0.25, 0.3) is 0 Å². The second-order valence-electron chi connectivity index (χ2n) is 5.52. The lowest BCUT2D eigenvalue weighted by Gasteiger charge is -2.21. The number of hydrogen-bond donors (Lipinski definition) is 1. The molecule has 0 spiro atoms. The summed E-state index contributed by atoms with van der Waals surface area (Å²) in [6, 6.07) is 10.2. The maximum Gasteiger partial charge on any atom is 0.193 e. The molecule has 3 rings (SSSR count). The molecular formula is C17H23IN6S. The topological polar surface area (TPSA) is 57.8 Å². The van der Waals surface area contributed by atoms with Gasteiger partial charge in [-0.1, -0.05) is 12.1 Å². The number of rotatable bonds is 6. The van der Waals surface area contributed by atoms with Crippen molar-refractivity contribution < 1.29 is 0 Å². The Bertz CT molecular complexity index is 798. The van der Waals surface area contributed by atoms with Gasteiger partial charge in [-0.15, -0.1) is 45.5 Å². The molecule has 3 aromatic heterocycles. The van der Waals surface area contributed by atoms with E-state index >= 15 is 0 Å². The maximum atomic E-state index is 4.36. The summed E-state index contributed by atoms with van der Waals surface area (Å²) in [5, 5.41) is 13.9. The van der Waals surface area contributed by atoms with Crippen molar-refractivity contribution >= 4 is 46.9 Å². The smallest absolute Gasteiger partial charge is 0.193 e. The Morgan fingerprint density at radius 3 is 2.88 bits per heavy atom. The second-order valence-corrected chi connectivity index (χ2v) is 6.55. The van der Waals surface area contributed by atoms with Crippen LogP contribution in [0.25, 0.3) is 5.65 Å². The zero-order valence-electron chi connectivity index (χ0n) is 14.4. The summed E-state index contributed by atoms with van der Waals surface area (Å²) >= 11 is 1.80. The van der Waals surface area contributed by atoms with E-state index in [1.165, 1.54) is 4.88 Å². The molecule has 0 bridgehead atoms. The summed E-state index contributed by atoms with van der Waals surface area (Å²) in [6.07, 6.45) is 3.82. The lowest BCUT2D eigenvalue weighted by atomic mass is 10.3. The Morgan fingerprint density at radius 2 is 2.12 bits per heavy atom. The van der Waals surface area contributed by atoms with Gasteiger partial charge in [0.05, 0.1) is 0 Å². The number of likely N-dealkylation sites (N-methyl/N-ethyl adjacent to an activating group) is 1. The van der Waals surface area contributed by atoms with Crippen molar-refractivity contribution in [2.24, 2.45) is 4.99 Å². The number of fused-ring (bicyclic) bond motifs is 1. The first-order chi connectivity index (χ1) is 11.8. The number of guanidine groups is 1. The molecule has 0 aliphatic heterocycles. The van der Waals surface area contributed by atoms with E-state index in [2.05, 4.69) is 50.0 Å². The summed E-state index contributed by atoms with van der Waals surface area (Å²) in [5.41, 5.74) is 0.880. The van der Waals surface area contributed by atoms with E-state index in [1.54, 1.807) is 11.3 Å². The summed E-state index contributed by atoms with van der Waals surface area (Å²) in [6.45, 7) is 1.71. The van der Waals surface area contributed by atoms with E-state index in [0.717, 1.165) is 43.4 Å². The average molecular weight is 470 g/mol. The molecule has 6 nitrogen and oxygen atoms in total. The number of halogens is 1. The zero-order valence-corrected chi connectivity index (χ0v) is 17.6. The monoisotopic (exact) mass is 470 g/mol. The van der Waals surface area contributed by atoms with Crippen LogP contribution < -0.4 is 5.32 Å². The molecule has 8 heteroatoms. The van der Waals surface area contributed by atoms with Gasteiger partial charge in [0.2, 0.25) is 0 Å². The third-order valence-corrected chi connectivity index (χ3v) is 4.80. The number of hydrogen-bond acceptors (Lipinski definition) is 4. The molecule has 0 unspecified atom stereocenters. The van der Waals surface area contributed by atoms with Gasteiger partial charge >= 0.3 is 0 Å². The molecular weight excluding hydrogens is 447 g/mol. The first-order valence-electron chi connectivity index (χ1n) is 8.00. The first-order valence-corrected chi connectivity index (χ1v) is 8.88. The lowest BCUT2D eigenvalue weighted by molar-refractivity contribution is 0.486. The van der Waals surface area contributed by atoms with Gasteiger partial charge < -0.3 is 10.2 Å². The van der Waals surface area contributed by atoms with Crippen molar-refractivity contribution in [2.45, 2.75) is 12.8 Å². The van der Waals surface area contributed by atoms with Crippen LogP contribution in [-0.4, -0.2) is 52.6 Å². The fraction of sp³-hybridized carbons (Fsp3) is 0.353. The summed E-state index contributed by atoms with van der Waals surface area (Å²) in [4.78, 5) is 7.91. The van der Waals surface area contributed by atoms with Crippen molar-refractivity contribution in [3.05, 3.63) is 52.6 Å². The Hall–Kier alpha value is -1.68. The molecule has 25 heavy (non-hydrogen) atoms. The molecule has 0 aliphatic rings. The minimum atomic E-state index is 0. The number of nitrogens with zero attached hydrogens (tertiary/aromatic N) is 5. The van der Waals surface area contributed by atoms with E-state index in [1.807, 2.05) is 35.8 Å². The van der Waals surface area contributed by atoms with Crippen LogP contribution >= 0.6 is 35.3 Å². The van der Waals surface area contributed by atoms with Gasteiger partial charge in [-0.2, -0.15) is 0 Å². The fourth-order valence-electron chi connectivity index (χ4n) is 2.57. The van der Waals surface area contributed by atoms with Crippen molar-refractivity contribution in [2.75, 3.05) is 27.2 Å². The third kappa shape index (κ3) is 5.15. The normalized spacial score (nSPS) is 11.4. The third-order valence-electron chi connectivity index (χ3n) is 3.86. The molecule has 134 valence electrons. The number of pyridine rings is 1. The average Bonchev–Trinajstić information content (AvgIpc) is 3.26. The molecule has 3 aromatic rings. The van der Waals surface area contributed by atoms with Crippen LogP contribution in [-0.2, 0) is 12.8 Å². The van der Waals surface area contributed by atoms with E-state index < -0.39 is 0 Å². The van der Waals surface area contributed by atoms with Crippen molar-refractivity contribution in [3.8, 4) is 0 Å². The lowest BCUT2D eigenvalue weighted by Crippen LogP contribution is -2.40. The van der Waals surface area contributed by atoms with E-state index in [9.17, 15) is 0 Å². The van der Waals surface area contributed by atoms with Gasteiger partial charge in [0, 0.05) is 44.7 Å². The van der Waals surface area contributed by atoms with Crippen molar-refractivity contribution in [1.82, 2.24) is 24.8 Å². The van der Waals surface area contributed by atoms with Crippen LogP contribution in [0.5, 0.6) is 0 Å². The minimum Gasteiger partial charge on any atom is -0.356 e. The van der Waals surface area contributed by atoms with Crippen LogP contribution in [0.2, 0.25) is 0 Å². The van der Waals surface area contributed by atoms with Gasteiger partial charge in [0.1, 0.15) is 5.82 Å². The minimum absolute atomic E-state index is 0. The quantitative estimate of drug-likeness (QED) is 0.342. The van der Waals surface area contributed by atoms with Crippen LogP contribution in [0, 0.1) is 0 Å². The second kappa shape index (κ2) is 9.71. The van der Waals surface area contributed by atoms with Gasteiger partial charge in [-0.3, -0.25) is 9.39 Å². The number of aliphatic imine (C=N–C) groups is 1. The summed E-state index contributed by atoms with van der Waals surface area (Å²) in [5.74, 6) is 1.86. The molecule has 0 aliphatic carbocycles. The molecule has 1 N–H and O–H groups in total. The van der Waals surface area contributed by atoms with Crippen molar-refractivity contribution in [3.63, 3.8) is 0 Å². The SMILES string of the molecule is CN=C(NCCc1nnc2ccccn12)N(C)CCc1cccs1.I. The number of aromatic nitrogens is 3. The molecule has 0 amide bonds. The standard InChI is InChI=1S/C17H22N6S.HI/c1-18-17(22(2)12-9-14-6-5-13-24-14)19-10-8-16-21-20-15-7-3-4-11-23(15)16;/h3-7,11,13H,8-10,12H2,1-2H3,(H,18,19);1H. The zero-order chi connectivity index (χ0) is 16.8. The molecule has 3 heterocycles. The fourth-order valence-corrected chi connectivity index (χ4v) is 3.27. The van der Waals surface area contributed by atoms with Crippen LogP contribution in [0.1, 0.15) is 10.7 Å². The molecule has 0 atom stereocenters. The molecule has 0 aromatic carbocycles. The summed E-state index contributed by atoms with van der Waals surface area (Å²) < 4.78 is 2.02. The molecule has 0 radical (unpaired) electrons. The highest BCUT2D eigenvalue weighted by Crippen LogP contribution is 2.09. The Kier molecular flexibility index (Phi) is 7.63. The maximum absolute atomic E-state index is 4.36. The summed E-state index contributed by atoms with van der Waals surface area (Å²) in [7, 11) is 3.88. The highest BCUT2D eigenvalue weighted by molar-refractivity contribution is 14.0. The van der Waals surface area contributed by atoms with Gasteiger partial charge in [0.15, 0.2) is 11.6 Å². The highest BCUT2D eigenvalue weighted by atomic mass is 127. The molecule has 0 fully saturated rings. The van der Waals surface area contributed by atoms with Gasteiger partial charge in [-0.25, -0.2) is 0 Å². The predicted octanol–water partition coefficient (Wildman–Crippen LogP) is 2.70. The van der Waals surface area contributed by atoms with E-state index in [4.69, 9.17) is 0 Å². The van der Waals surface area contributed by atoms with Gasteiger partial charge in [-0.05, 0) is 30.0 Å². The Balaban J connectivity index is 0.00000225. The van der Waals surface area contributed by atoms with Crippen LogP contribution in [0.3, 0.4) is 0 Å². The van der Waals surface area contributed by atoms with Crippen LogP contribution in [0.4, 0.5) is 0 Å². The van der Waals surface area contributed by atoms with E-state index in [-0.39, 0.29) is 24.0 Å². The van der Waals surface area contributed by atoms with Crippen molar-refractivity contribution in [1.29, 1.82) is 0 Å². The van der Waals surface area contributed by atoms with E-state index in [0.29, 0.717) is 0 Å². The largest absolute Gasteiger partial charge is 0.356 e. The Labute approximate surface area is 169 Å². The first kappa shape index (κ1) is 19.6. The molecule has 0 saturated heterocycles.